The largest absolute Gasteiger partial charge is 0.384 e. The van der Waals surface area contributed by atoms with Crippen LogP contribution >= 0.6 is 0 Å². The highest BCUT2D eigenvalue weighted by molar-refractivity contribution is 5.95. The summed E-state index contributed by atoms with van der Waals surface area (Å²) >= 11 is 0. The fourth-order valence-corrected chi connectivity index (χ4v) is 2.40. The van der Waals surface area contributed by atoms with Crippen LogP contribution in [0.2, 0.25) is 0 Å². The molecule has 4 nitrogen and oxygen atoms in total. The molecular weight excluding hydrogens is 224 g/mol. The number of nitrogens with one attached hydrogen (secondary N) is 1. The fourth-order valence-electron chi connectivity index (χ4n) is 2.40. The third-order valence-corrected chi connectivity index (χ3v) is 3.46. The van der Waals surface area contributed by atoms with Crippen molar-refractivity contribution in [2.45, 2.75) is 13.3 Å². The third-order valence-electron chi connectivity index (χ3n) is 3.46. The molecule has 0 spiro atoms. The zero-order valence-corrected chi connectivity index (χ0v) is 11.0. The Balaban J connectivity index is 1.95. The van der Waals surface area contributed by atoms with Crippen LogP contribution in [-0.2, 0) is 0 Å². The number of hydrogen-bond donors (Lipinski definition) is 2. The highest BCUT2D eigenvalue weighted by atomic mass is 15.3. The molecule has 0 atom stereocenters. The quantitative estimate of drug-likeness (QED) is 0.625. The van der Waals surface area contributed by atoms with Gasteiger partial charge in [0.1, 0.15) is 5.84 Å². The van der Waals surface area contributed by atoms with E-state index in [1.807, 2.05) is 12.1 Å². The molecule has 1 fully saturated rings. The van der Waals surface area contributed by atoms with Crippen LogP contribution in [0.25, 0.3) is 0 Å². The van der Waals surface area contributed by atoms with Crippen LogP contribution in [-0.4, -0.2) is 43.5 Å². The number of hydrogen-bond acceptors (Lipinski definition) is 3. The van der Waals surface area contributed by atoms with Crippen LogP contribution in [0.1, 0.15) is 18.9 Å². The molecule has 1 heterocycles. The second-order valence-corrected chi connectivity index (χ2v) is 4.79. The third kappa shape index (κ3) is 3.01. The molecule has 1 aliphatic heterocycles. The van der Waals surface area contributed by atoms with Gasteiger partial charge in [-0.15, -0.1) is 0 Å². The van der Waals surface area contributed by atoms with E-state index in [9.17, 15) is 0 Å². The van der Waals surface area contributed by atoms with E-state index in [2.05, 4.69) is 28.9 Å². The molecule has 1 saturated heterocycles. The Morgan fingerprint density at radius 3 is 2.28 bits per heavy atom. The average Bonchev–Trinajstić information content (AvgIpc) is 2.40. The van der Waals surface area contributed by atoms with E-state index in [0.717, 1.165) is 31.7 Å². The summed E-state index contributed by atoms with van der Waals surface area (Å²) < 4.78 is 0. The van der Waals surface area contributed by atoms with Crippen molar-refractivity contribution >= 4 is 11.5 Å². The molecule has 0 bridgehead atoms. The summed E-state index contributed by atoms with van der Waals surface area (Å²) in [5.41, 5.74) is 7.48. The molecular formula is C14H22N4. The lowest BCUT2D eigenvalue weighted by atomic mass is 10.1. The van der Waals surface area contributed by atoms with Gasteiger partial charge >= 0.3 is 0 Å². The summed E-state index contributed by atoms with van der Waals surface area (Å²) in [7, 11) is 0. The van der Waals surface area contributed by atoms with Crippen molar-refractivity contribution in [1.82, 2.24) is 4.90 Å². The zero-order chi connectivity index (χ0) is 13.0. The minimum atomic E-state index is 0.134. The van der Waals surface area contributed by atoms with Gasteiger partial charge in [-0.3, -0.25) is 10.3 Å². The Labute approximate surface area is 109 Å². The first-order valence-corrected chi connectivity index (χ1v) is 6.62. The number of benzene rings is 1. The molecule has 1 aromatic rings. The van der Waals surface area contributed by atoms with Gasteiger partial charge < -0.3 is 10.6 Å². The SMILES string of the molecule is CCCN1CCN(c2ccc(C(=N)N)cc2)CC1. The molecule has 1 aromatic carbocycles. The van der Waals surface area contributed by atoms with Gasteiger partial charge in [0.05, 0.1) is 0 Å². The topological polar surface area (TPSA) is 56.4 Å². The standard InChI is InChI=1S/C14H22N4/c1-2-7-17-8-10-18(11-9-17)13-5-3-12(4-6-13)14(15)16/h3-6H,2,7-11H2,1H3,(H3,15,16). The number of piperazine rings is 1. The minimum Gasteiger partial charge on any atom is -0.384 e. The van der Waals surface area contributed by atoms with Gasteiger partial charge in [-0.05, 0) is 37.2 Å². The molecule has 98 valence electrons. The van der Waals surface area contributed by atoms with Crippen molar-refractivity contribution < 1.29 is 0 Å². The monoisotopic (exact) mass is 246 g/mol. The smallest absolute Gasteiger partial charge is 0.122 e. The summed E-state index contributed by atoms with van der Waals surface area (Å²) in [6, 6.07) is 7.98. The van der Waals surface area contributed by atoms with Crippen molar-refractivity contribution in [1.29, 1.82) is 5.41 Å². The summed E-state index contributed by atoms with van der Waals surface area (Å²) in [5.74, 6) is 0.134. The van der Waals surface area contributed by atoms with E-state index in [1.165, 1.54) is 18.7 Å². The molecule has 0 amide bonds. The summed E-state index contributed by atoms with van der Waals surface area (Å²) in [5, 5.41) is 7.38. The molecule has 0 radical (unpaired) electrons. The first kappa shape index (κ1) is 12.9. The number of anilines is 1. The maximum atomic E-state index is 7.38. The molecule has 2 rings (SSSR count). The Morgan fingerprint density at radius 1 is 1.17 bits per heavy atom. The van der Waals surface area contributed by atoms with Gasteiger partial charge in [0, 0.05) is 37.4 Å². The van der Waals surface area contributed by atoms with E-state index in [0.29, 0.717) is 0 Å². The van der Waals surface area contributed by atoms with Gasteiger partial charge in [0.25, 0.3) is 0 Å². The van der Waals surface area contributed by atoms with Crippen molar-refractivity contribution in [2.75, 3.05) is 37.6 Å². The Morgan fingerprint density at radius 2 is 1.78 bits per heavy atom. The van der Waals surface area contributed by atoms with E-state index in [4.69, 9.17) is 11.1 Å². The van der Waals surface area contributed by atoms with Crippen LogP contribution < -0.4 is 10.6 Å². The van der Waals surface area contributed by atoms with Crippen LogP contribution in [0.3, 0.4) is 0 Å². The van der Waals surface area contributed by atoms with E-state index in [-0.39, 0.29) is 5.84 Å². The lowest BCUT2D eigenvalue weighted by molar-refractivity contribution is 0.258. The second-order valence-electron chi connectivity index (χ2n) is 4.79. The maximum absolute atomic E-state index is 7.38. The van der Waals surface area contributed by atoms with Gasteiger partial charge in [-0.2, -0.15) is 0 Å². The number of rotatable bonds is 4. The zero-order valence-electron chi connectivity index (χ0n) is 11.0. The maximum Gasteiger partial charge on any atom is 0.122 e. The molecule has 0 aliphatic carbocycles. The van der Waals surface area contributed by atoms with E-state index in [1.54, 1.807) is 0 Å². The van der Waals surface area contributed by atoms with Crippen molar-refractivity contribution in [2.24, 2.45) is 5.73 Å². The summed E-state index contributed by atoms with van der Waals surface area (Å²) in [6.45, 7) is 7.88. The lowest BCUT2D eigenvalue weighted by Gasteiger charge is -2.36. The highest BCUT2D eigenvalue weighted by Crippen LogP contribution is 2.17. The first-order valence-electron chi connectivity index (χ1n) is 6.62. The van der Waals surface area contributed by atoms with Crippen LogP contribution in [0.5, 0.6) is 0 Å². The Bertz CT molecular complexity index is 391. The van der Waals surface area contributed by atoms with E-state index < -0.39 is 0 Å². The molecule has 0 unspecified atom stereocenters. The number of nitrogen functional groups attached to an aromatic ring is 1. The number of amidine groups is 1. The van der Waals surface area contributed by atoms with Gasteiger partial charge in [0.15, 0.2) is 0 Å². The predicted molar refractivity (Wildman–Crippen MR) is 76.4 cm³/mol. The Kier molecular flexibility index (Phi) is 4.20. The van der Waals surface area contributed by atoms with Gasteiger partial charge in [-0.1, -0.05) is 6.92 Å². The summed E-state index contributed by atoms with van der Waals surface area (Å²) in [4.78, 5) is 4.91. The molecule has 0 aromatic heterocycles. The Hall–Kier alpha value is -1.55. The fraction of sp³-hybridized carbons (Fsp3) is 0.500. The van der Waals surface area contributed by atoms with E-state index >= 15 is 0 Å². The first-order chi connectivity index (χ1) is 8.70. The number of nitrogens with two attached hydrogens (primary N) is 1. The molecule has 1 aliphatic rings. The molecule has 18 heavy (non-hydrogen) atoms. The highest BCUT2D eigenvalue weighted by Gasteiger charge is 2.16. The molecule has 0 saturated carbocycles. The van der Waals surface area contributed by atoms with Crippen molar-refractivity contribution in [3.8, 4) is 0 Å². The molecule has 4 heteroatoms. The summed E-state index contributed by atoms with van der Waals surface area (Å²) in [6.07, 6.45) is 1.23. The van der Waals surface area contributed by atoms with Crippen LogP contribution in [0, 0.1) is 5.41 Å². The van der Waals surface area contributed by atoms with Crippen LogP contribution in [0.4, 0.5) is 5.69 Å². The van der Waals surface area contributed by atoms with Crippen molar-refractivity contribution in [3.05, 3.63) is 29.8 Å². The van der Waals surface area contributed by atoms with Gasteiger partial charge in [-0.25, -0.2) is 0 Å². The average molecular weight is 246 g/mol. The van der Waals surface area contributed by atoms with Crippen molar-refractivity contribution in [3.63, 3.8) is 0 Å². The minimum absolute atomic E-state index is 0.134. The molecule has 3 N–H and O–H groups in total. The second kappa shape index (κ2) is 5.87. The number of nitrogens with zero attached hydrogens (tertiary/aromatic N) is 2. The lowest BCUT2D eigenvalue weighted by Crippen LogP contribution is -2.46. The van der Waals surface area contributed by atoms with Crippen LogP contribution in [0.15, 0.2) is 24.3 Å². The van der Waals surface area contributed by atoms with Gasteiger partial charge in [0.2, 0.25) is 0 Å². The normalized spacial score (nSPS) is 16.8. The predicted octanol–water partition coefficient (Wildman–Crippen LogP) is 1.50.